The number of fused-ring (bicyclic) bond motifs is 2. The molecule has 2 N–H and O–H groups in total. The minimum atomic E-state index is -0.584. The first-order valence-corrected chi connectivity index (χ1v) is 11.8. The van der Waals surface area contributed by atoms with E-state index in [2.05, 4.69) is 6.07 Å². The molecule has 2 aromatic heterocycles. The van der Waals surface area contributed by atoms with Crippen LogP contribution in [0.1, 0.15) is 26.0 Å². The second kappa shape index (κ2) is 8.15. The normalized spacial score (nSPS) is 15.2. The van der Waals surface area contributed by atoms with Gasteiger partial charge < -0.3 is 15.2 Å². The van der Waals surface area contributed by atoms with E-state index >= 15 is 0 Å². The zero-order valence-corrected chi connectivity index (χ0v) is 19.2. The highest BCUT2D eigenvalue weighted by Gasteiger charge is 2.32. The van der Waals surface area contributed by atoms with Crippen molar-refractivity contribution >= 4 is 61.9 Å². The van der Waals surface area contributed by atoms with Crippen molar-refractivity contribution in [1.29, 1.82) is 5.26 Å². The number of ether oxygens (including phenoxy) is 2. The molecule has 1 atom stereocenters. The Bertz CT molecular complexity index is 1450. The Morgan fingerprint density at radius 1 is 1.19 bits per heavy atom. The van der Waals surface area contributed by atoms with Gasteiger partial charge >= 0.3 is 5.97 Å². The van der Waals surface area contributed by atoms with Crippen LogP contribution in [0.25, 0.3) is 10.1 Å². The molecule has 0 saturated heterocycles. The Morgan fingerprint density at radius 2 is 2.03 bits per heavy atom. The topological polar surface area (TPSA) is 85.3 Å². The van der Waals surface area contributed by atoms with Crippen LogP contribution >= 0.6 is 45.9 Å². The third-order valence-electron chi connectivity index (χ3n) is 5.01. The Morgan fingerprint density at radius 3 is 2.78 bits per heavy atom. The first-order chi connectivity index (χ1) is 15.5. The van der Waals surface area contributed by atoms with Gasteiger partial charge in [-0.3, -0.25) is 0 Å². The van der Waals surface area contributed by atoms with Crippen molar-refractivity contribution in [3.05, 3.63) is 90.7 Å². The van der Waals surface area contributed by atoms with Gasteiger partial charge in [0.05, 0.1) is 10.9 Å². The standard InChI is InChI=1S/C23H12Cl2N2O3S2/c24-11-3-5-14-18(8-11)32-21(20(14)25)23(28)29-12-4-6-13-16(9-12)30-22(27)15(10-26)19(13)17-2-1-7-31-17/h1-9,19H,27H2. The lowest BCUT2D eigenvalue weighted by Crippen LogP contribution is -2.20. The van der Waals surface area contributed by atoms with Crippen LogP contribution in [0.2, 0.25) is 10.0 Å². The Kier molecular flexibility index (Phi) is 5.31. The van der Waals surface area contributed by atoms with Gasteiger partial charge in [-0.05, 0) is 29.6 Å². The molecule has 2 aromatic carbocycles. The van der Waals surface area contributed by atoms with Gasteiger partial charge in [-0.15, -0.1) is 22.7 Å². The molecule has 4 aromatic rings. The summed E-state index contributed by atoms with van der Waals surface area (Å²) in [6.45, 7) is 0. The SMILES string of the molecule is N#CC1=C(N)Oc2cc(OC(=O)c3sc4cc(Cl)ccc4c3Cl)ccc2C1c1cccs1. The van der Waals surface area contributed by atoms with Gasteiger partial charge in [0, 0.05) is 31.6 Å². The maximum Gasteiger partial charge on any atom is 0.355 e. The second-order valence-corrected chi connectivity index (χ2v) is 9.76. The summed E-state index contributed by atoms with van der Waals surface area (Å²) in [6, 6.07) is 16.3. The summed E-state index contributed by atoms with van der Waals surface area (Å²) in [7, 11) is 0. The molecule has 1 aliphatic rings. The molecule has 32 heavy (non-hydrogen) atoms. The number of allylic oxidation sites excluding steroid dienone is 1. The van der Waals surface area contributed by atoms with E-state index in [0.29, 0.717) is 21.4 Å². The highest BCUT2D eigenvalue weighted by atomic mass is 35.5. The fourth-order valence-corrected chi connectivity index (χ4v) is 6.08. The van der Waals surface area contributed by atoms with Crippen molar-refractivity contribution < 1.29 is 14.3 Å². The van der Waals surface area contributed by atoms with Crippen LogP contribution in [-0.4, -0.2) is 5.97 Å². The zero-order valence-electron chi connectivity index (χ0n) is 16.1. The summed E-state index contributed by atoms with van der Waals surface area (Å²) in [4.78, 5) is 14.1. The molecule has 9 heteroatoms. The number of thiophene rings is 2. The monoisotopic (exact) mass is 498 g/mol. The van der Waals surface area contributed by atoms with Crippen LogP contribution in [0.4, 0.5) is 0 Å². The lowest BCUT2D eigenvalue weighted by atomic mass is 9.88. The third kappa shape index (κ3) is 3.51. The summed E-state index contributed by atoms with van der Waals surface area (Å²) < 4.78 is 12.1. The van der Waals surface area contributed by atoms with E-state index in [1.165, 1.54) is 22.7 Å². The number of hydrogen-bond donors (Lipinski definition) is 1. The molecule has 5 nitrogen and oxygen atoms in total. The fourth-order valence-electron chi connectivity index (χ4n) is 3.57. The van der Waals surface area contributed by atoms with Crippen LogP contribution in [0, 0.1) is 11.3 Å². The molecule has 0 aliphatic carbocycles. The van der Waals surface area contributed by atoms with Crippen LogP contribution < -0.4 is 15.2 Å². The molecular weight excluding hydrogens is 487 g/mol. The summed E-state index contributed by atoms with van der Waals surface area (Å²) in [6.07, 6.45) is 0. The second-order valence-electron chi connectivity index (χ2n) is 6.92. The smallest absolute Gasteiger partial charge is 0.355 e. The highest BCUT2D eigenvalue weighted by Crippen LogP contribution is 2.45. The Hall–Kier alpha value is -3.02. The first-order valence-electron chi connectivity index (χ1n) is 9.31. The predicted octanol–water partition coefficient (Wildman–Crippen LogP) is 6.71. The average Bonchev–Trinajstić information content (AvgIpc) is 3.40. The van der Waals surface area contributed by atoms with Gasteiger partial charge in [0.15, 0.2) is 0 Å². The molecule has 0 saturated carbocycles. The molecule has 0 bridgehead atoms. The van der Waals surface area contributed by atoms with Crippen molar-refractivity contribution in [2.45, 2.75) is 5.92 Å². The predicted molar refractivity (Wildman–Crippen MR) is 127 cm³/mol. The number of esters is 1. The number of rotatable bonds is 3. The number of carbonyl (C=O) groups excluding carboxylic acids is 1. The molecule has 0 radical (unpaired) electrons. The van der Waals surface area contributed by atoms with Crippen LogP contribution in [-0.2, 0) is 0 Å². The summed E-state index contributed by atoms with van der Waals surface area (Å²) in [5, 5.41) is 13.2. The molecule has 0 amide bonds. The van der Waals surface area contributed by atoms with Gasteiger partial charge in [-0.25, -0.2) is 4.79 Å². The molecular formula is C23H12Cl2N2O3S2. The van der Waals surface area contributed by atoms with Crippen LogP contribution in [0.5, 0.6) is 11.5 Å². The molecule has 0 spiro atoms. The lowest BCUT2D eigenvalue weighted by molar-refractivity contribution is 0.0740. The Labute approximate surface area is 200 Å². The summed E-state index contributed by atoms with van der Waals surface area (Å²) in [5.41, 5.74) is 7.14. The minimum absolute atomic E-state index is 0.0336. The fraction of sp³-hybridized carbons (Fsp3) is 0.0435. The van der Waals surface area contributed by atoms with Gasteiger partial charge in [-0.1, -0.05) is 41.4 Å². The molecule has 3 heterocycles. The number of benzene rings is 2. The maximum atomic E-state index is 12.8. The van der Waals surface area contributed by atoms with E-state index in [1.54, 1.807) is 36.4 Å². The number of carbonyl (C=O) groups is 1. The summed E-state index contributed by atoms with van der Waals surface area (Å²) in [5.74, 6) is -0.182. The molecule has 0 fully saturated rings. The maximum absolute atomic E-state index is 12.8. The van der Waals surface area contributed by atoms with E-state index < -0.39 is 5.97 Å². The highest BCUT2D eigenvalue weighted by molar-refractivity contribution is 7.21. The number of nitrogens with zero attached hydrogens (tertiary/aromatic N) is 1. The zero-order chi connectivity index (χ0) is 22.4. The van der Waals surface area contributed by atoms with Gasteiger partial charge in [0.2, 0.25) is 5.88 Å². The van der Waals surface area contributed by atoms with Crippen LogP contribution in [0.15, 0.2) is 65.4 Å². The first kappa shape index (κ1) is 20.9. The molecule has 5 rings (SSSR count). The average molecular weight is 499 g/mol. The third-order valence-corrected chi connectivity index (χ3v) is 7.82. The van der Waals surface area contributed by atoms with Crippen LogP contribution in [0.3, 0.4) is 0 Å². The van der Waals surface area contributed by atoms with Crippen molar-refractivity contribution in [2.75, 3.05) is 0 Å². The van der Waals surface area contributed by atoms with Gasteiger partial charge in [-0.2, -0.15) is 5.26 Å². The number of nitriles is 1. The lowest BCUT2D eigenvalue weighted by Gasteiger charge is -2.25. The number of halogens is 2. The van der Waals surface area contributed by atoms with Crippen molar-refractivity contribution in [2.24, 2.45) is 5.73 Å². The van der Waals surface area contributed by atoms with Crippen molar-refractivity contribution in [3.63, 3.8) is 0 Å². The number of nitrogens with two attached hydrogens (primary N) is 1. The van der Waals surface area contributed by atoms with E-state index in [-0.39, 0.29) is 22.4 Å². The molecule has 1 unspecified atom stereocenters. The largest absolute Gasteiger partial charge is 0.440 e. The quantitative estimate of drug-likeness (QED) is 0.250. The molecule has 158 valence electrons. The number of hydrogen-bond acceptors (Lipinski definition) is 7. The molecule has 1 aliphatic heterocycles. The van der Waals surface area contributed by atoms with Crippen molar-refractivity contribution in [1.82, 2.24) is 0 Å². The van der Waals surface area contributed by atoms with E-state index in [9.17, 15) is 10.1 Å². The van der Waals surface area contributed by atoms with Crippen molar-refractivity contribution in [3.8, 4) is 17.6 Å². The van der Waals surface area contributed by atoms with Gasteiger partial charge in [0.25, 0.3) is 0 Å². The van der Waals surface area contributed by atoms with Gasteiger partial charge in [0.1, 0.15) is 28.0 Å². The van der Waals surface area contributed by atoms with E-state index in [0.717, 1.165) is 20.5 Å². The minimum Gasteiger partial charge on any atom is -0.440 e. The van der Waals surface area contributed by atoms with E-state index in [1.807, 2.05) is 17.5 Å². The summed E-state index contributed by atoms with van der Waals surface area (Å²) >= 11 is 15.2. The van der Waals surface area contributed by atoms with E-state index in [4.69, 9.17) is 38.4 Å². The Balaban J connectivity index is 1.48.